The molecule has 15 nitrogen and oxygen atoms in total. The second-order valence-corrected chi connectivity index (χ2v) is 21.8. The van der Waals surface area contributed by atoms with Crippen LogP contribution in [0, 0.1) is 17.8 Å². The molecule has 3 N–H and O–H groups in total. The first-order valence-electron chi connectivity index (χ1n) is 22.7. The van der Waals surface area contributed by atoms with Gasteiger partial charge in [-0.25, -0.2) is 18.2 Å². The van der Waals surface area contributed by atoms with Crippen LogP contribution in [0.4, 0.5) is 18.0 Å². The molecular formula is C48H59F3N6O9S. The molecular weight excluding hydrogens is 894 g/mol. The van der Waals surface area contributed by atoms with E-state index in [1.54, 1.807) is 54.9 Å². The number of sulfonamides is 1. The van der Waals surface area contributed by atoms with Crippen LogP contribution in [0.25, 0.3) is 22.5 Å². The number of carbonyl (C=O) groups is 4. The average molecular weight is 953 g/mol. The number of ether oxygens (including phenoxy) is 2. The van der Waals surface area contributed by atoms with E-state index in [0.29, 0.717) is 67.8 Å². The van der Waals surface area contributed by atoms with E-state index in [0.717, 1.165) is 4.90 Å². The Labute approximate surface area is 388 Å². The van der Waals surface area contributed by atoms with Gasteiger partial charge in [-0.3, -0.25) is 29.0 Å². The first-order chi connectivity index (χ1) is 31.4. The summed E-state index contributed by atoms with van der Waals surface area (Å²) in [5, 5.41) is 13.4. The van der Waals surface area contributed by atoms with Crippen molar-refractivity contribution >= 4 is 33.8 Å². The Morgan fingerprint density at radius 1 is 0.985 bits per heavy atom. The third-order valence-electron chi connectivity index (χ3n) is 13.6. The molecule has 0 radical (unpaired) electrons. The van der Waals surface area contributed by atoms with Crippen molar-refractivity contribution in [2.45, 2.75) is 140 Å². The van der Waals surface area contributed by atoms with Crippen molar-refractivity contribution in [2.24, 2.45) is 17.8 Å². The lowest BCUT2D eigenvalue weighted by Gasteiger charge is -2.45. The van der Waals surface area contributed by atoms with Crippen molar-refractivity contribution in [3.05, 3.63) is 73.1 Å². The lowest BCUT2D eigenvalue weighted by molar-refractivity contribution is -0.222. The fourth-order valence-electron chi connectivity index (χ4n) is 9.15. The Balaban J connectivity index is 1.30. The molecule has 4 heterocycles. The van der Waals surface area contributed by atoms with E-state index in [9.17, 15) is 41.1 Å². The largest absolute Gasteiger partial charge is 0.491 e. The second kappa shape index (κ2) is 18.4. The second-order valence-electron chi connectivity index (χ2n) is 19.6. The van der Waals surface area contributed by atoms with Crippen LogP contribution in [-0.4, -0.2) is 110 Å². The first kappa shape index (κ1) is 49.2. The number of benzene rings is 1. The summed E-state index contributed by atoms with van der Waals surface area (Å²) >= 11 is 0. The van der Waals surface area contributed by atoms with E-state index in [1.165, 1.54) is 13.8 Å². The molecule has 0 spiro atoms. The number of fused-ring (bicyclic) bond motifs is 2. The number of hydrogen-bond acceptors (Lipinski definition) is 10. The standard InChI is InChI=1S/C48H59F3N6O9S/c1-28(2)65-34-14-12-31(13-15-34)37-23-35(24-38(53-37)32-16-20-52-21-17-32)66-36-25-39-41(58)54-47(43(60)55-67(63,64)46(7)18-19-46)26-33(47)11-9-8-10-29(3)22-30(4)40(42(59)56(39)27-36)57(44(61)62)45(5,6)48(49,50)51/h9,11-17,20-21,23-24,28-30,33,36,39-40H,8,10,18-19,22,25-27H2,1-7H3,(H,54,58)(H,55,60)(H,61,62)/t29-,30+,33+,36+,39-,40-,47+/m0/s1. The molecule has 362 valence electrons. The molecule has 0 bridgehead atoms. The molecule has 4 aliphatic rings. The van der Waals surface area contributed by atoms with Gasteiger partial charge in [-0.05, 0) is 121 Å². The summed E-state index contributed by atoms with van der Waals surface area (Å²) in [7, 11) is -4.15. The number of amides is 4. The van der Waals surface area contributed by atoms with Gasteiger partial charge in [-0.2, -0.15) is 13.2 Å². The number of carbonyl (C=O) groups excluding carboxylic acids is 3. The van der Waals surface area contributed by atoms with Crippen molar-refractivity contribution in [1.82, 2.24) is 29.8 Å². The summed E-state index contributed by atoms with van der Waals surface area (Å²) in [5.41, 5.74) is -2.42. The highest BCUT2D eigenvalue weighted by molar-refractivity contribution is 7.91. The van der Waals surface area contributed by atoms with E-state index >= 15 is 4.79 Å². The van der Waals surface area contributed by atoms with Gasteiger partial charge in [0.05, 0.1) is 28.8 Å². The monoisotopic (exact) mass is 952 g/mol. The Bertz CT molecular complexity index is 2500. The zero-order chi connectivity index (χ0) is 48.9. The Morgan fingerprint density at radius 3 is 2.19 bits per heavy atom. The molecule has 4 amide bonds. The number of nitrogens with zero attached hydrogens (tertiary/aromatic N) is 4. The van der Waals surface area contributed by atoms with E-state index in [4.69, 9.17) is 14.5 Å². The number of carboxylic acid groups (broad SMARTS) is 1. The zero-order valence-corrected chi connectivity index (χ0v) is 39.5. The maximum atomic E-state index is 15.2. The van der Waals surface area contributed by atoms with Gasteiger partial charge in [0.2, 0.25) is 21.8 Å². The van der Waals surface area contributed by atoms with Gasteiger partial charge in [0.1, 0.15) is 40.8 Å². The molecule has 2 saturated carbocycles. The van der Waals surface area contributed by atoms with Crippen LogP contribution in [0.15, 0.2) is 73.1 Å². The van der Waals surface area contributed by atoms with Crippen molar-refractivity contribution in [1.29, 1.82) is 0 Å². The highest BCUT2D eigenvalue weighted by Crippen LogP contribution is 2.48. The minimum atomic E-state index is -5.11. The number of aromatic nitrogens is 2. The minimum Gasteiger partial charge on any atom is -0.491 e. The maximum absolute atomic E-state index is 15.2. The predicted molar refractivity (Wildman–Crippen MR) is 242 cm³/mol. The summed E-state index contributed by atoms with van der Waals surface area (Å²) in [4.78, 5) is 67.5. The summed E-state index contributed by atoms with van der Waals surface area (Å²) in [6.07, 6.45) is 0.203. The molecule has 1 saturated heterocycles. The maximum Gasteiger partial charge on any atom is 0.411 e. The van der Waals surface area contributed by atoms with Gasteiger partial charge >= 0.3 is 12.3 Å². The number of nitrogens with one attached hydrogen (secondary N) is 2. The molecule has 0 unspecified atom stereocenters. The minimum absolute atomic E-state index is 0.0395. The molecule has 3 fully saturated rings. The first-order valence-corrected chi connectivity index (χ1v) is 24.2. The summed E-state index contributed by atoms with van der Waals surface area (Å²) in [6, 6.07) is 10.7. The summed E-state index contributed by atoms with van der Waals surface area (Å²) in [6.45, 7) is 9.75. The van der Waals surface area contributed by atoms with Gasteiger partial charge in [0.15, 0.2) is 0 Å². The van der Waals surface area contributed by atoms with Crippen LogP contribution in [-0.2, 0) is 24.4 Å². The zero-order valence-electron chi connectivity index (χ0n) is 38.7. The Hall–Kier alpha value is -5.72. The molecule has 2 aliphatic carbocycles. The molecule has 7 atom stereocenters. The van der Waals surface area contributed by atoms with Gasteiger partial charge in [-0.15, -0.1) is 0 Å². The van der Waals surface area contributed by atoms with Crippen LogP contribution in [0.5, 0.6) is 11.5 Å². The smallest absolute Gasteiger partial charge is 0.411 e. The summed E-state index contributed by atoms with van der Waals surface area (Å²) in [5.74, 6) is -3.77. The third-order valence-corrected chi connectivity index (χ3v) is 15.7. The molecule has 19 heteroatoms. The lowest BCUT2D eigenvalue weighted by atomic mass is 9.85. The van der Waals surface area contributed by atoms with Crippen LogP contribution in [0.3, 0.4) is 0 Å². The predicted octanol–water partition coefficient (Wildman–Crippen LogP) is 7.52. The molecule has 67 heavy (non-hydrogen) atoms. The van der Waals surface area contributed by atoms with Crippen molar-refractivity contribution in [3.8, 4) is 34.0 Å². The number of rotatable bonds is 11. The van der Waals surface area contributed by atoms with Crippen LogP contribution >= 0.6 is 0 Å². The molecule has 1 aromatic carbocycles. The summed E-state index contributed by atoms with van der Waals surface area (Å²) < 4.78 is 84.8. The van der Waals surface area contributed by atoms with Gasteiger partial charge in [0.25, 0.3) is 5.91 Å². The molecule has 2 aliphatic heterocycles. The SMILES string of the molecule is CC(C)Oc1ccc(-c2cc(O[C@@H]3C[C@H]4C(=O)N[C@]5(C(=O)NS(=O)(=O)C6(C)CC6)C[C@H]5C=CCC[C@H](C)C[C@@H](C)[C@H](N(C(=O)O)C(C)(C)C(F)(F)F)C(=O)N4C3)cc(-c3ccncc3)n2)cc1. The van der Waals surface area contributed by atoms with E-state index in [1.807, 2.05) is 39.0 Å². The topological polar surface area (TPSA) is 197 Å². The van der Waals surface area contributed by atoms with Gasteiger partial charge in [0, 0.05) is 48.0 Å². The normalized spacial score (nSPS) is 26.6. The quantitative estimate of drug-likeness (QED) is 0.161. The number of halogens is 3. The number of allylic oxidation sites excluding steroid dienone is 1. The van der Waals surface area contributed by atoms with Crippen molar-refractivity contribution in [2.75, 3.05) is 6.54 Å². The van der Waals surface area contributed by atoms with E-state index in [-0.39, 0.29) is 48.5 Å². The van der Waals surface area contributed by atoms with Crippen LogP contribution in [0.2, 0.25) is 0 Å². The van der Waals surface area contributed by atoms with E-state index in [2.05, 4.69) is 15.0 Å². The average Bonchev–Trinajstić information content (AvgIpc) is 4.13. The van der Waals surface area contributed by atoms with Crippen molar-refractivity contribution in [3.63, 3.8) is 0 Å². The van der Waals surface area contributed by atoms with E-state index < -0.39 is 85.9 Å². The highest BCUT2D eigenvalue weighted by atomic mass is 32.2. The fourth-order valence-corrected chi connectivity index (χ4v) is 10.5. The molecule has 2 aromatic heterocycles. The highest BCUT2D eigenvalue weighted by Gasteiger charge is 2.64. The Morgan fingerprint density at radius 2 is 1.61 bits per heavy atom. The third kappa shape index (κ3) is 10.3. The molecule has 3 aromatic rings. The lowest BCUT2D eigenvalue weighted by Crippen LogP contribution is -2.66. The number of hydrogen-bond donors (Lipinski definition) is 3. The Kier molecular flexibility index (Phi) is 13.5. The molecule has 7 rings (SSSR count). The van der Waals surface area contributed by atoms with Crippen LogP contribution in [0.1, 0.15) is 93.4 Å². The van der Waals surface area contributed by atoms with Gasteiger partial charge < -0.3 is 24.8 Å². The fraction of sp³-hybridized carbons (Fsp3) is 0.542. The van der Waals surface area contributed by atoms with Crippen LogP contribution < -0.4 is 19.5 Å². The van der Waals surface area contributed by atoms with Crippen molar-refractivity contribution < 1.29 is 55.3 Å². The number of alkyl halides is 3. The van der Waals surface area contributed by atoms with Gasteiger partial charge in [-0.1, -0.05) is 26.0 Å². The number of pyridine rings is 2.